The molecule has 1 aliphatic carbocycles. The Hall–Kier alpha value is -1.58. The van der Waals surface area contributed by atoms with E-state index in [1.807, 2.05) is 31.2 Å². The first-order valence-electron chi connectivity index (χ1n) is 11.0. The maximum absolute atomic E-state index is 11.7. The van der Waals surface area contributed by atoms with E-state index >= 15 is 0 Å². The van der Waals surface area contributed by atoms with Gasteiger partial charge in [-0.25, -0.2) is 12.7 Å². The third-order valence-corrected chi connectivity index (χ3v) is 8.54. The quantitative estimate of drug-likeness (QED) is 0.485. The van der Waals surface area contributed by atoms with Crippen molar-refractivity contribution < 1.29 is 8.42 Å². The van der Waals surface area contributed by atoms with Crippen LogP contribution in [-0.2, 0) is 16.4 Å². The molecule has 0 amide bonds. The molecule has 4 rings (SSSR count). The molecule has 1 saturated heterocycles. The maximum Gasteiger partial charge on any atom is 0.216 e. The summed E-state index contributed by atoms with van der Waals surface area (Å²) in [4.78, 5) is 0. The normalized spacial score (nSPS) is 18.1. The summed E-state index contributed by atoms with van der Waals surface area (Å²) in [7, 11) is -2.87. The molecule has 0 aromatic heterocycles. The zero-order valence-electron chi connectivity index (χ0n) is 19.2. The molecule has 0 bridgehead atoms. The van der Waals surface area contributed by atoms with Crippen LogP contribution in [0.5, 0.6) is 0 Å². The van der Waals surface area contributed by atoms with E-state index in [0.29, 0.717) is 16.5 Å². The predicted molar refractivity (Wildman–Crippen MR) is 134 cm³/mol. The molecule has 0 radical (unpaired) electrons. The van der Waals surface area contributed by atoms with Crippen molar-refractivity contribution in [1.29, 1.82) is 5.26 Å². The van der Waals surface area contributed by atoms with Crippen molar-refractivity contribution in [3.8, 4) is 6.07 Å². The van der Waals surface area contributed by atoms with E-state index in [-0.39, 0.29) is 5.25 Å². The lowest BCUT2D eigenvalue weighted by Gasteiger charge is -2.14. The Bertz CT molecular complexity index is 1050. The highest BCUT2D eigenvalue weighted by Gasteiger charge is 2.41. The lowest BCUT2D eigenvalue weighted by molar-refractivity contribution is 0.463. The highest BCUT2D eigenvalue weighted by atomic mass is 35.5. The zero-order chi connectivity index (χ0) is 23.9. The van der Waals surface area contributed by atoms with Gasteiger partial charge in [-0.2, -0.15) is 5.26 Å². The first-order valence-corrected chi connectivity index (χ1v) is 13.2. The van der Waals surface area contributed by atoms with Crippen molar-refractivity contribution in [2.45, 2.75) is 58.6 Å². The lowest BCUT2D eigenvalue weighted by atomic mass is 10.1. The molecular formula is C25H32Cl2N2O2S. The van der Waals surface area contributed by atoms with E-state index in [2.05, 4.69) is 26.8 Å². The summed E-state index contributed by atoms with van der Waals surface area (Å²) in [6, 6.07) is 13.4. The number of aryl methyl sites for hydroxylation is 3. The number of hydrogen-bond donors (Lipinski definition) is 0. The summed E-state index contributed by atoms with van der Waals surface area (Å²) in [5.41, 5.74) is 4.27. The second kappa shape index (κ2) is 12.0. The summed E-state index contributed by atoms with van der Waals surface area (Å²) in [5.74, 6) is 0.554. The van der Waals surface area contributed by atoms with Crippen molar-refractivity contribution in [3.05, 3.63) is 68.7 Å². The largest absolute Gasteiger partial charge is 0.216 e. The summed E-state index contributed by atoms with van der Waals surface area (Å²) >= 11 is 11.5. The molecule has 2 aromatic rings. The van der Waals surface area contributed by atoms with Gasteiger partial charge in [-0.1, -0.05) is 49.2 Å². The molecule has 2 aromatic carbocycles. The minimum atomic E-state index is -2.87. The average Bonchev–Trinajstić information content (AvgIpc) is 3.52. The van der Waals surface area contributed by atoms with E-state index in [9.17, 15) is 8.42 Å². The van der Waals surface area contributed by atoms with Gasteiger partial charge >= 0.3 is 0 Å². The summed E-state index contributed by atoms with van der Waals surface area (Å²) in [6.07, 6.45) is 3.86. The van der Waals surface area contributed by atoms with E-state index < -0.39 is 10.0 Å². The smallest absolute Gasteiger partial charge is 0.212 e. The Morgan fingerprint density at radius 3 is 2.25 bits per heavy atom. The molecule has 1 heterocycles. The Morgan fingerprint density at radius 1 is 1.09 bits per heavy atom. The summed E-state index contributed by atoms with van der Waals surface area (Å²) < 4.78 is 25.0. The van der Waals surface area contributed by atoms with Crippen LogP contribution in [0.3, 0.4) is 0 Å². The van der Waals surface area contributed by atoms with Crippen LogP contribution in [-0.4, -0.2) is 31.1 Å². The van der Waals surface area contributed by atoms with Crippen molar-refractivity contribution in [1.82, 2.24) is 4.31 Å². The molecular weight excluding hydrogens is 463 g/mol. The fraction of sp³-hybridized carbons (Fsp3) is 0.480. The molecule has 2 aliphatic rings. The van der Waals surface area contributed by atoms with Gasteiger partial charge in [0.25, 0.3) is 0 Å². The van der Waals surface area contributed by atoms with E-state index in [4.69, 9.17) is 28.5 Å². The fourth-order valence-electron chi connectivity index (χ4n) is 3.43. The summed E-state index contributed by atoms with van der Waals surface area (Å²) in [5, 5.41) is 9.82. The Morgan fingerprint density at radius 2 is 1.78 bits per heavy atom. The number of sulfonamides is 1. The molecule has 7 heteroatoms. The van der Waals surface area contributed by atoms with Crippen LogP contribution in [0.2, 0.25) is 10.0 Å². The Kier molecular flexibility index (Phi) is 10.0. The van der Waals surface area contributed by atoms with Crippen LogP contribution in [0.4, 0.5) is 0 Å². The predicted octanol–water partition coefficient (Wildman–Crippen LogP) is 6.55. The van der Waals surface area contributed by atoms with Crippen LogP contribution in [0.1, 0.15) is 55.4 Å². The molecule has 0 N–H and O–H groups in total. The topological polar surface area (TPSA) is 61.2 Å². The van der Waals surface area contributed by atoms with Crippen molar-refractivity contribution in [3.63, 3.8) is 0 Å². The first kappa shape index (κ1) is 26.7. The van der Waals surface area contributed by atoms with E-state index in [1.165, 1.54) is 11.1 Å². The van der Waals surface area contributed by atoms with Crippen molar-refractivity contribution in [2.24, 2.45) is 5.92 Å². The lowest BCUT2D eigenvalue weighted by Crippen LogP contribution is -2.31. The monoisotopic (exact) mass is 494 g/mol. The number of nitriles is 1. The molecule has 1 saturated carbocycles. The van der Waals surface area contributed by atoms with Crippen LogP contribution < -0.4 is 0 Å². The standard InChI is InChI=1S/C9H11Cl.C8H6ClN.C8H15NO2S/c1-3-8-6-9(10)5-4-7(8)2;1-6-2-3-7(5-10)8(9)4-6;1-7-4-5-9(6-7)12(10,11)8-2-3-8/h4-6H,3H2,1-2H3;2-4H,1H3;7-8H,2-6H2,1H3/t;;7-/m..0/s1. The number of benzene rings is 2. The first-order chi connectivity index (χ1) is 15.1. The van der Waals surface area contributed by atoms with E-state index in [0.717, 1.165) is 49.4 Å². The number of nitrogens with zero attached hydrogens (tertiary/aromatic N) is 2. The molecule has 0 unspecified atom stereocenters. The maximum atomic E-state index is 11.7. The Labute approximate surface area is 203 Å². The number of hydrogen-bond acceptors (Lipinski definition) is 3. The minimum Gasteiger partial charge on any atom is -0.212 e. The van der Waals surface area contributed by atoms with E-state index in [1.54, 1.807) is 16.4 Å². The van der Waals surface area contributed by atoms with Gasteiger partial charge in [-0.05, 0) is 86.4 Å². The number of rotatable bonds is 3. The fourth-order valence-corrected chi connectivity index (χ4v) is 5.88. The van der Waals surface area contributed by atoms with Crippen LogP contribution in [0.15, 0.2) is 36.4 Å². The SMILES string of the molecule is CCc1cc(Cl)ccc1C.C[C@H]1CCN(S(=O)(=O)C2CC2)C1.Cc1ccc(C#N)c(Cl)c1. The molecule has 0 spiro atoms. The van der Waals surface area contributed by atoms with Gasteiger partial charge in [-0.15, -0.1) is 0 Å². The van der Waals surface area contributed by atoms with Gasteiger partial charge in [0.05, 0.1) is 15.8 Å². The zero-order valence-corrected chi connectivity index (χ0v) is 21.6. The second-order valence-corrected chi connectivity index (χ2v) is 11.6. The van der Waals surface area contributed by atoms with Crippen LogP contribution in [0, 0.1) is 31.1 Å². The molecule has 1 atom stereocenters. The van der Waals surface area contributed by atoms with Gasteiger partial charge in [-0.3, -0.25) is 0 Å². The van der Waals surface area contributed by atoms with Gasteiger partial charge < -0.3 is 0 Å². The van der Waals surface area contributed by atoms with Gasteiger partial charge in [0.2, 0.25) is 10.0 Å². The molecule has 32 heavy (non-hydrogen) atoms. The Balaban J connectivity index is 0.000000171. The van der Waals surface area contributed by atoms with Crippen molar-refractivity contribution in [2.75, 3.05) is 13.1 Å². The summed E-state index contributed by atoms with van der Waals surface area (Å²) in [6.45, 7) is 9.79. The molecule has 4 nitrogen and oxygen atoms in total. The molecule has 174 valence electrons. The third-order valence-electron chi connectivity index (χ3n) is 5.63. The minimum absolute atomic E-state index is 0.0252. The highest BCUT2D eigenvalue weighted by Crippen LogP contribution is 2.33. The second-order valence-electron chi connectivity index (χ2n) is 8.52. The number of halogens is 2. The van der Waals surface area contributed by atoms with Crippen LogP contribution in [0.25, 0.3) is 0 Å². The van der Waals surface area contributed by atoms with Crippen LogP contribution >= 0.6 is 23.2 Å². The third kappa shape index (κ3) is 7.78. The molecule has 2 fully saturated rings. The van der Waals surface area contributed by atoms with Gasteiger partial charge in [0.15, 0.2) is 0 Å². The van der Waals surface area contributed by atoms with Gasteiger partial charge in [0, 0.05) is 18.1 Å². The van der Waals surface area contributed by atoms with Crippen molar-refractivity contribution >= 4 is 33.2 Å². The molecule has 1 aliphatic heterocycles. The average molecular weight is 496 g/mol. The highest BCUT2D eigenvalue weighted by molar-refractivity contribution is 7.90. The van der Waals surface area contributed by atoms with Gasteiger partial charge in [0.1, 0.15) is 6.07 Å².